The Hall–Kier alpha value is -3.07. The summed E-state index contributed by atoms with van der Waals surface area (Å²) in [5.41, 5.74) is 2.08. The Morgan fingerprint density at radius 2 is 1.38 bits per heavy atom. The standard InChI is InChI=1S/C23H22O3/c1-2-22(19-11-7-4-8-12-19)23(24)26-21-15-13-20(14-16-21)25-17-18-9-5-3-6-10-18/h3-16,22H,2,17H2,1H3. The summed E-state index contributed by atoms with van der Waals surface area (Å²) in [5, 5.41) is 0. The smallest absolute Gasteiger partial charge is 0.318 e. The highest BCUT2D eigenvalue weighted by Gasteiger charge is 2.20. The van der Waals surface area contributed by atoms with Gasteiger partial charge < -0.3 is 9.47 Å². The zero-order valence-electron chi connectivity index (χ0n) is 14.8. The van der Waals surface area contributed by atoms with Gasteiger partial charge in [-0.15, -0.1) is 0 Å². The molecule has 0 N–H and O–H groups in total. The summed E-state index contributed by atoms with van der Waals surface area (Å²) in [5.74, 6) is 0.766. The van der Waals surface area contributed by atoms with E-state index in [-0.39, 0.29) is 11.9 Å². The Morgan fingerprint density at radius 3 is 2.00 bits per heavy atom. The van der Waals surface area contributed by atoms with Crippen molar-refractivity contribution in [2.45, 2.75) is 25.9 Å². The second kappa shape index (κ2) is 8.86. The van der Waals surface area contributed by atoms with E-state index in [1.807, 2.05) is 79.7 Å². The van der Waals surface area contributed by atoms with E-state index in [2.05, 4.69) is 0 Å². The first kappa shape index (κ1) is 17.7. The molecule has 3 rings (SSSR count). The van der Waals surface area contributed by atoms with Crippen LogP contribution in [0.1, 0.15) is 30.4 Å². The van der Waals surface area contributed by atoms with Crippen LogP contribution in [0.3, 0.4) is 0 Å². The molecule has 0 aliphatic rings. The van der Waals surface area contributed by atoms with Gasteiger partial charge in [-0.2, -0.15) is 0 Å². The second-order valence-electron chi connectivity index (χ2n) is 6.04. The largest absolute Gasteiger partial charge is 0.489 e. The Bertz CT molecular complexity index is 811. The lowest BCUT2D eigenvalue weighted by molar-refractivity contribution is -0.136. The van der Waals surface area contributed by atoms with E-state index in [1.165, 1.54) is 0 Å². The lowest BCUT2D eigenvalue weighted by Gasteiger charge is -2.14. The van der Waals surface area contributed by atoms with Crippen LogP contribution in [0, 0.1) is 0 Å². The minimum atomic E-state index is -0.259. The molecule has 0 amide bonds. The summed E-state index contributed by atoms with van der Waals surface area (Å²) in [7, 11) is 0. The van der Waals surface area contributed by atoms with E-state index in [1.54, 1.807) is 12.1 Å². The highest BCUT2D eigenvalue weighted by Crippen LogP contribution is 2.24. The molecule has 0 fully saturated rings. The van der Waals surface area contributed by atoms with E-state index < -0.39 is 0 Å². The fourth-order valence-corrected chi connectivity index (χ4v) is 2.76. The minimum absolute atomic E-state index is 0.239. The number of ether oxygens (including phenoxy) is 2. The van der Waals surface area contributed by atoms with Gasteiger partial charge in [0.2, 0.25) is 0 Å². The Balaban J connectivity index is 1.59. The predicted molar refractivity (Wildman–Crippen MR) is 102 cm³/mol. The van der Waals surface area contributed by atoms with Crippen molar-refractivity contribution in [2.24, 2.45) is 0 Å². The van der Waals surface area contributed by atoms with Crippen LogP contribution in [0.2, 0.25) is 0 Å². The van der Waals surface area contributed by atoms with Crippen molar-refractivity contribution in [2.75, 3.05) is 0 Å². The molecule has 0 saturated carbocycles. The second-order valence-corrected chi connectivity index (χ2v) is 6.04. The molecule has 0 aliphatic carbocycles. The number of benzene rings is 3. The molecule has 26 heavy (non-hydrogen) atoms. The van der Waals surface area contributed by atoms with E-state index >= 15 is 0 Å². The van der Waals surface area contributed by atoms with Gasteiger partial charge in [-0.3, -0.25) is 4.79 Å². The van der Waals surface area contributed by atoms with Crippen LogP contribution in [-0.4, -0.2) is 5.97 Å². The first-order chi connectivity index (χ1) is 12.8. The van der Waals surface area contributed by atoms with Gasteiger partial charge in [-0.1, -0.05) is 67.6 Å². The number of esters is 1. The maximum atomic E-state index is 12.5. The topological polar surface area (TPSA) is 35.5 Å². The van der Waals surface area contributed by atoms with Gasteiger partial charge in [-0.05, 0) is 41.8 Å². The van der Waals surface area contributed by atoms with Crippen molar-refractivity contribution in [1.29, 1.82) is 0 Å². The average Bonchev–Trinajstić information content (AvgIpc) is 2.70. The molecule has 132 valence electrons. The van der Waals surface area contributed by atoms with Crippen LogP contribution in [0.5, 0.6) is 11.5 Å². The highest BCUT2D eigenvalue weighted by molar-refractivity contribution is 5.80. The van der Waals surface area contributed by atoms with Crippen LogP contribution >= 0.6 is 0 Å². The van der Waals surface area contributed by atoms with Crippen LogP contribution in [0.15, 0.2) is 84.9 Å². The van der Waals surface area contributed by atoms with Crippen molar-refractivity contribution < 1.29 is 14.3 Å². The first-order valence-corrected chi connectivity index (χ1v) is 8.79. The average molecular weight is 346 g/mol. The molecule has 0 heterocycles. The van der Waals surface area contributed by atoms with Crippen LogP contribution in [0.4, 0.5) is 0 Å². The van der Waals surface area contributed by atoms with Gasteiger partial charge in [0, 0.05) is 0 Å². The van der Waals surface area contributed by atoms with E-state index in [0.717, 1.165) is 16.9 Å². The zero-order chi connectivity index (χ0) is 18.2. The highest BCUT2D eigenvalue weighted by atomic mass is 16.5. The number of rotatable bonds is 7. The Labute approximate surface area is 154 Å². The third kappa shape index (κ3) is 4.73. The van der Waals surface area contributed by atoms with E-state index in [9.17, 15) is 4.79 Å². The molecule has 3 aromatic rings. The molecule has 0 aliphatic heterocycles. The monoisotopic (exact) mass is 346 g/mol. The summed E-state index contributed by atoms with van der Waals surface area (Å²) in [4.78, 5) is 12.5. The summed E-state index contributed by atoms with van der Waals surface area (Å²) >= 11 is 0. The summed E-state index contributed by atoms with van der Waals surface area (Å²) in [6.45, 7) is 2.49. The molecule has 1 unspecified atom stereocenters. The SMILES string of the molecule is CCC(C(=O)Oc1ccc(OCc2ccccc2)cc1)c1ccccc1. The van der Waals surface area contributed by atoms with Gasteiger partial charge >= 0.3 is 5.97 Å². The molecule has 0 radical (unpaired) electrons. The number of carbonyl (C=O) groups excluding carboxylic acids is 1. The van der Waals surface area contributed by atoms with Gasteiger partial charge in [0.05, 0.1) is 5.92 Å². The molecule has 0 aromatic heterocycles. The fraction of sp³-hybridized carbons (Fsp3) is 0.174. The van der Waals surface area contributed by atoms with Crippen LogP contribution in [-0.2, 0) is 11.4 Å². The lowest BCUT2D eigenvalue weighted by atomic mass is 9.97. The van der Waals surface area contributed by atoms with Crippen LogP contribution < -0.4 is 9.47 Å². The quantitative estimate of drug-likeness (QED) is 0.426. The van der Waals surface area contributed by atoms with Crippen molar-refractivity contribution in [3.8, 4) is 11.5 Å². The number of hydrogen-bond acceptors (Lipinski definition) is 3. The van der Waals surface area contributed by atoms with Gasteiger partial charge in [0.25, 0.3) is 0 Å². The van der Waals surface area contributed by atoms with Crippen molar-refractivity contribution in [3.63, 3.8) is 0 Å². The maximum Gasteiger partial charge on any atom is 0.318 e. The molecule has 3 aromatic carbocycles. The normalized spacial score (nSPS) is 11.6. The molecule has 0 bridgehead atoms. The summed E-state index contributed by atoms with van der Waals surface area (Å²) < 4.78 is 11.3. The summed E-state index contributed by atoms with van der Waals surface area (Å²) in [6, 6.07) is 26.9. The number of carbonyl (C=O) groups is 1. The minimum Gasteiger partial charge on any atom is -0.489 e. The third-order valence-electron chi connectivity index (χ3n) is 4.19. The zero-order valence-corrected chi connectivity index (χ0v) is 14.8. The first-order valence-electron chi connectivity index (χ1n) is 8.79. The van der Waals surface area contributed by atoms with Crippen molar-refractivity contribution in [1.82, 2.24) is 0 Å². The van der Waals surface area contributed by atoms with Gasteiger partial charge in [0.15, 0.2) is 0 Å². The third-order valence-corrected chi connectivity index (χ3v) is 4.19. The molecule has 1 atom stereocenters. The van der Waals surface area contributed by atoms with E-state index in [4.69, 9.17) is 9.47 Å². The molecule has 3 heteroatoms. The maximum absolute atomic E-state index is 12.5. The Kier molecular flexibility index (Phi) is 6.05. The van der Waals surface area contributed by atoms with Gasteiger partial charge in [0.1, 0.15) is 18.1 Å². The fourth-order valence-electron chi connectivity index (χ4n) is 2.76. The Morgan fingerprint density at radius 1 is 0.808 bits per heavy atom. The molecular formula is C23H22O3. The molecule has 3 nitrogen and oxygen atoms in total. The molecule has 0 spiro atoms. The summed E-state index contributed by atoms with van der Waals surface area (Å²) in [6.07, 6.45) is 0.696. The van der Waals surface area contributed by atoms with Crippen LogP contribution in [0.25, 0.3) is 0 Å². The van der Waals surface area contributed by atoms with Crippen molar-refractivity contribution in [3.05, 3.63) is 96.1 Å². The number of hydrogen-bond donors (Lipinski definition) is 0. The van der Waals surface area contributed by atoms with Gasteiger partial charge in [-0.25, -0.2) is 0 Å². The van der Waals surface area contributed by atoms with Crippen molar-refractivity contribution >= 4 is 5.97 Å². The molecular weight excluding hydrogens is 324 g/mol. The molecule has 0 saturated heterocycles. The van der Waals surface area contributed by atoms with E-state index in [0.29, 0.717) is 18.8 Å². The predicted octanol–water partition coefficient (Wildman–Crippen LogP) is 5.36. The lowest BCUT2D eigenvalue weighted by Crippen LogP contribution is -2.18.